The summed E-state index contributed by atoms with van der Waals surface area (Å²) >= 11 is 0. The number of anilines is 2. The molecule has 0 aliphatic heterocycles. The van der Waals surface area contributed by atoms with Gasteiger partial charge in [0.05, 0.1) is 11.0 Å². The third-order valence-electron chi connectivity index (χ3n) is 10.3. The molecule has 0 radical (unpaired) electrons. The largest absolute Gasteiger partial charge is 0.311 e. The minimum absolute atomic E-state index is 0.877. The lowest BCUT2D eigenvalue weighted by Gasteiger charge is -2.25. The fraction of sp³-hybridized carbons (Fsp3) is 0.0196. The molecule has 0 amide bonds. The Balaban J connectivity index is 1.19. The van der Waals surface area contributed by atoms with Crippen LogP contribution in [0.3, 0.4) is 0 Å². The molecule has 2 heteroatoms. The summed E-state index contributed by atoms with van der Waals surface area (Å²) < 4.78 is 2.38. The van der Waals surface area contributed by atoms with Crippen LogP contribution in [0.2, 0.25) is 0 Å². The van der Waals surface area contributed by atoms with E-state index in [1.807, 2.05) is 12.1 Å². The van der Waals surface area contributed by atoms with Crippen LogP contribution in [-0.2, 0) is 0 Å². The maximum absolute atomic E-state index is 4.54. The van der Waals surface area contributed by atoms with Gasteiger partial charge >= 0.3 is 0 Å². The predicted molar refractivity (Wildman–Crippen MR) is 229 cm³/mol. The quantitative estimate of drug-likeness (QED) is 0.115. The molecular weight excluding hydrogens is 641 g/mol. The van der Waals surface area contributed by atoms with Gasteiger partial charge in [0.1, 0.15) is 0 Å². The van der Waals surface area contributed by atoms with Crippen molar-refractivity contribution in [2.45, 2.75) is 6.92 Å². The molecular formula is C51H38N2. The van der Waals surface area contributed by atoms with Gasteiger partial charge in [-0.25, -0.2) is 0 Å². The highest BCUT2D eigenvalue weighted by Crippen LogP contribution is 2.45. The lowest BCUT2D eigenvalue weighted by molar-refractivity contribution is 1.20. The van der Waals surface area contributed by atoms with Crippen molar-refractivity contribution >= 4 is 60.4 Å². The molecule has 252 valence electrons. The van der Waals surface area contributed by atoms with E-state index in [0.29, 0.717) is 0 Å². The molecule has 0 aliphatic carbocycles. The highest BCUT2D eigenvalue weighted by Gasteiger charge is 2.19. The second-order valence-corrected chi connectivity index (χ2v) is 13.3. The van der Waals surface area contributed by atoms with Crippen molar-refractivity contribution in [1.29, 1.82) is 0 Å². The van der Waals surface area contributed by atoms with Crippen molar-refractivity contribution in [2.75, 3.05) is 4.90 Å². The van der Waals surface area contributed by atoms with E-state index in [9.17, 15) is 0 Å². The Bertz CT molecular complexity index is 2740. The zero-order valence-electron chi connectivity index (χ0n) is 29.7. The zero-order valence-corrected chi connectivity index (χ0v) is 29.7. The number of nitrogens with zero attached hydrogens (tertiary/aromatic N) is 2. The molecule has 8 aromatic carbocycles. The summed E-state index contributed by atoms with van der Waals surface area (Å²) in [7, 11) is 0. The monoisotopic (exact) mass is 678 g/mol. The summed E-state index contributed by atoms with van der Waals surface area (Å²) in [6.45, 7) is 6.65. The Labute approximate surface area is 310 Å². The van der Waals surface area contributed by atoms with E-state index >= 15 is 0 Å². The Kier molecular flexibility index (Phi) is 8.26. The third-order valence-corrected chi connectivity index (χ3v) is 10.3. The summed E-state index contributed by atoms with van der Waals surface area (Å²) in [5.41, 5.74) is 11.4. The Hall–Kier alpha value is -6.90. The van der Waals surface area contributed by atoms with E-state index in [1.54, 1.807) is 0 Å². The number of allylic oxidation sites excluding steroid dienone is 4. The molecule has 2 nitrogen and oxygen atoms in total. The van der Waals surface area contributed by atoms with Gasteiger partial charge in [-0.05, 0) is 105 Å². The highest BCUT2D eigenvalue weighted by atomic mass is 15.1. The van der Waals surface area contributed by atoms with Gasteiger partial charge in [-0.15, -0.1) is 0 Å². The molecule has 0 saturated heterocycles. The Morgan fingerprint density at radius 2 is 0.906 bits per heavy atom. The molecule has 0 spiro atoms. The topological polar surface area (TPSA) is 8.17 Å². The first-order valence-electron chi connectivity index (χ1n) is 18.2. The van der Waals surface area contributed by atoms with Crippen LogP contribution >= 0.6 is 0 Å². The molecule has 53 heavy (non-hydrogen) atoms. The van der Waals surface area contributed by atoms with Crippen LogP contribution in [0.5, 0.6) is 0 Å². The fourth-order valence-electron chi connectivity index (χ4n) is 7.95. The molecule has 0 fully saturated rings. The number of aromatic nitrogens is 1. The first kappa shape index (κ1) is 32.0. The summed E-state index contributed by atoms with van der Waals surface area (Å²) in [5, 5.41) is 7.48. The van der Waals surface area contributed by atoms with Gasteiger partial charge in [0, 0.05) is 33.5 Å². The summed E-state index contributed by atoms with van der Waals surface area (Å²) in [5.74, 6) is 0. The van der Waals surface area contributed by atoms with Crippen LogP contribution in [0, 0.1) is 0 Å². The molecule has 1 heterocycles. The molecule has 9 rings (SSSR count). The van der Waals surface area contributed by atoms with Crippen molar-refractivity contribution in [1.82, 2.24) is 4.57 Å². The molecule has 9 aromatic rings. The molecule has 0 atom stereocenters. The Morgan fingerprint density at radius 1 is 0.453 bits per heavy atom. The maximum Gasteiger partial charge on any atom is 0.0541 e. The summed E-state index contributed by atoms with van der Waals surface area (Å²) in [6.07, 6.45) is 6.49. The second-order valence-electron chi connectivity index (χ2n) is 13.3. The standard InChI is InChI=1S/C51H38N2/c1-3-39(33-31-36(2)52(40-21-9-5-10-22-40)41-23-11-6-12-24-41)53-48-30-18-17-25-42(48)47-35-38(32-34-49(47)53)51-45-28-15-13-26-43(45)50(37-19-7-4-8-20-37)44-27-14-16-29-46(44)51/h3-35H,2H2,1H3/b33-31-,39-3+. The second kappa shape index (κ2) is 13.7. The van der Waals surface area contributed by atoms with Gasteiger partial charge in [0.25, 0.3) is 0 Å². The third kappa shape index (κ3) is 5.62. The molecule has 0 unspecified atom stereocenters. The van der Waals surface area contributed by atoms with Crippen molar-refractivity contribution in [2.24, 2.45) is 0 Å². The molecule has 1 aromatic heterocycles. The number of fused-ring (bicyclic) bond motifs is 5. The summed E-state index contributed by atoms with van der Waals surface area (Å²) in [4.78, 5) is 2.19. The van der Waals surface area contributed by atoms with Crippen LogP contribution in [-0.4, -0.2) is 4.57 Å². The van der Waals surface area contributed by atoms with Gasteiger partial charge < -0.3 is 9.47 Å². The lowest BCUT2D eigenvalue weighted by Crippen LogP contribution is -2.14. The van der Waals surface area contributed by atoms with Crippen LogP contribution in [0.1, 0.15) is 6.92 Å². The predicted octanol–water partition coefficient (Wildman–Crippen LogP) is 14.2. The number of para-hydroxylation sites is 3. The highest BCUT2D eigenvalue weighted by molar-refractivity contribution is 6.22. The van der Waals surface area contributed by atoms with Gasteiger partial charge in [-0.1, -0.05) is 152 Å². The van der Waals surface area contributed by atoms with Crippen molar-refractivity contribution in [3.8, 4) is 22.3 Å². The first-order chi connectivity index (χ1) is 26.2. The lowest BCUT2D eigenvalue weighted by atomic mass is 9.86. The van der Waals surface area contributed by atoms with Gasteiger partial charge in [-0.2, -0.15) is 0 Å². The average molecular weight is 679 g/mol. The molecule has 0 saturated carbocycles. The smallest absolute Gasteiger partial charge is 0.0541 e. The minimum atomic E-state index is 0.877. The van der Waals surface area contributed by atoms with E-state index < -0.39 is 0 Å². The van der Waals surface area contributed by atoms with Crippen molar-refractivity contribution in [3.05, 3.63) is 212 Å². The summed E-state index contributed by atoms with van der Waals surface area (Å²) in [6, 6.07) is 65.1. The van der Waals surface area contributed by atoms with E-state index in [-0.39, 0.29) is 0 Å². The first-order valence-corrected chi connectivity index (χ1v) is 18.2. The number of rotatable bonds is 8. The van der Waals surface area contributed by atoms with E-state index in [2.05, 4.69) is 211 Å². The van der Waals surface area contributed by atoms with E-state index in [1.165, 1.54) is 60.1 Å². The van der Waals surface area contributed by atoms with Crippen LogP contribution in [0.4, 0.5) is 11.4 Å². The van der Waals surface area contributed by atoms with Crippen LogP contribution < -0.4 is 4.90 Å². The number of benzene rings is 8. The van der Waals surface area contributed by atoms with Crippen molar-refractivity contribution < 1.29 is 0 Å². The molecule has 0 aliphatic rings. The maximum atomic E-state index is 4.54. The van der Waals surface area contributed by atoms with Crippen LogP contribution in [0.25, 0.3) is 71.3 Å². The SMILES string of the molecule is C=C(/C=C\C(=C/C)n1c2ccccc2c2cc(-c3c4ccccc4c(-c4ccccc4)c4ccccc34)ccc21)N(c1ccccc1)c1ccccc1. The number of hydrogen-bond acceptors (Lipinski definition) is 1. The zero-order chi connectivity index (χ0) is 35.7. The Morgan fingerprint density at radius 3 is 1.45 bits per heavy atom. The average Bonchev–Trinajstić information content (AvgIpc) is 3.55. The van der Waals surface area contributed by atoms with E-state index in [4.69, 9.17) is 0 Å². The van der Waals surface area contributed by atoms with Crippen LogP contribution in [0.15, 0.2) is 212 Å². The fourth-order valence-corrected chi connectivity index (χ4v) is 7.95. The number of hydrogen-bond donors (Lipinski definition) is 0. The van der Waals surface area contributed by atoms with Gasteiger partial charge in [0.15, 0.2) is 0 Å². The van der Waals surface area contributed by atoms with Crippen molar-refractivity contribution in [3.63, 3.8) is 0 Å². The minimum Gasteiger partial charge on any atom is -0.311 e. The van der Waals surface area contributed by atoms with Gasteiger partial charge in [0.2, 0.25) is 0 Å². The normalized spacial score (nSPS) is 12.0. The molecule has 0 N–H and O–H groups in total. The van der Waals surface area contributed by atoms with E-state index in [0.717, 1.165) is 28.3 Å². The molecule has 0 bridgehead atoms. The van der Waals surface area contributed by atoms with Gasteiger partial charge in [-0.3, -0.25) is 0 Å².